The molecular weight excluding hydrogens is 336 g/mol. The van der Waals surface area contributed by atoms with E-state index < -0.39 is 0 Å². The van der Waals surface area contributed by atoms with E-state index >= 15 is 0 Å². The van der Waals surface area contributed by atoms with Crippen LogP contribution in [0, 0.1) is 0 Å². The molecule has 1 unspecified atom stereocenters. The number of hydrogen-bond acceptors (Lipinski definition) is 5. The maximum Gasteiger partial charge on any atom is 0.0664 e. The summed E-state index contributed by atoms with van der Waals surface area (Å²) in [5.74, 6) is 0. The average molecular weight is 387 g/mol. The Kier molecular flexibility index (Phi) is 23.7. The van der Waals surface area contributed by atoms with Crippen LogP contribution in [-0.2, 0) is 0 Å². The van der Waals surface area contributed by atoms with E-state index in [4.69, 9.17) is 5.73 Å². The average Bonchev–Trinajstić information content (AvgIpc) is 2.67. The Morgan fingerprint density at radius 2 is 1.15 bits per heavy atom. The smallest absolute Gasteiger partial charge is 0.0664 e. The van der Waals surface area contributed by atoms with Crippen LogP contribution in [0.2, 0.25) is 0 Å². The highest BCUT2D eigenvalue weighted by atomic mass is 16.3. The van der Waals surface area contributed by atoms with Gasteiger partial charge >= 0.3 is 0 Å². The SMILES string of the molecule is CCCCCCCCCCC(O)CNCCCNCCCCNCCCN. The molecule has 0 amide bonds. The van der Waals surface area contributed by atoms with Gasteiger partial charge in [-0.15, -0.1) is 0 Å². The second kappa shape index (κ2) is 23.8. The summed E-state index contributed by atoms with van der Waals surface area (Å²) in [4.78, 5) is 0. The van der Waals surface area contributed by atoms with Crippen molar-refractivity contribution in [3.8, 4) is 0 Å². The van der Waals surface area contributed by atoms with E-state index in [1.54, 1.807) is 0 Å². The Morgan fingerprint density at radius 3 is 1.78 bits per heavy atom. The quantitative estimate of drug-likeness (QED) is 0.174. The highest BCUT2D eigenvalue weighted by molar-refractivity contribution is 4.61. The third-order valence-corrected chi connectivity index (χ3v) is 4.99. The normalized spacial score (nSPS) is 12.6. The Hall–Kier alpha value is -0.200. The van der Waals surface area contributed by atoms with Crippen molar-refractivity contribution in [3.05, 3.63) is 0 Å². The number of hydrogen-bond donors (Lipinski definition) is 5. The molecule has 0 aromatic carbocycles. The third kappa shape index (κ3) is 23.8. The molecule has 5 nitrogen and oxygen atoms in total. The number of aliphatic hydroxyl groups excluding tert-OH is 1. The van der Waals surface area contributed by atoms with E-state index in [1.165, 1.54) is 64.2 Å². The lowest BCUT2D eigenvalue weighted by Gasteiger charge is -2.12. The number of aliphatic hydroxyl groups is 1. The Labute approximate surface area is 169 Å². The minimum atomic E-state index is -0.176. The number of nitrogens with two attached hydrogens (primary N) is 1. The number of unbranched alkanes of at least 4 members (excludes halogenated alkanes) is 8. The molecule has 164 valence electrons. The van der Waals surface area contributed by atoms with E-state index in [0.717, 1.165) is 65.1 Å². The van der Waals surface area contributed by atoms with Crippen molar-refractivity contribution in [2.24, 2.45) is 5.73 Å². The maximum absolute atomic E-state index is 10.0. The van der Waals surface area contributed by atoms with Gasteiger partial charge in [0.25, 0.3) is 0 Å². The minimum Gasteiger partial charge on any atom is -0.392 e. The molecule has 0 saturated carbocycles. The van der Waals surface area contributed by atoms with E-state index in [-0.39, 0.29) is 6.10 Å². The lowest BCUT2D eigenvalue weighted by atomic mass is 10.1. The molecule has 0 heterocycles. The first kappa shape index (κ1) is 26.8. The standard InChI is InChI=1S/C22H50N4O/c1-2-3-4-5-6-7-8-9-14-22(27)21-26-20-13-19-25-17-11-10-16-24-18-12-15-23/h22,24-27H,2-21,23H2,1H3. The lowest BCUT2D eigenvalue weighted by molar-refractivity contribution is 0.158. The molecule has 0 fully saturated rings. The summed E-state index contributed by atoms with van der Waals surface area (Å²) >= 11 is 0. The molecule has 0 saturated heterocycles. The van der Waals surface area contributed by atoms with Gasteiger partial charge in [-0.25, -0.2) is 0 Å². The molecule has 0 aromatic heterocycles. The van der Waals surface area contributed by atoms with Crippen LogP contribution < -0.4 is 21.7 Å². The molecule has 6 N–H and O–H groups in total. The molecule has 0 bridgehead atoms. The molecule has 0 rings (SSSR count). The van der Waals surface area contributed by atoms with Crippen molar-refractivity contribution in [1.29, 1.82) is 0 Å². The maximum atomic E-state index is 10.0. The molecule has 0 radical (unpaired) electrons. The number of rotatable bonds is 23. The topological polar surface area (TPSA) is 82.3 Å². The second-order valence-electron chi connectivity index (χ2n) is 7.82. The number of nitrogens with one attached hydrogen (secondary N) is 3. The van der Waals surface area contributed by atoms with E-state index in [1.807, 2.05) is 0 Å². The van der Waals surface area contributed by atoms with Crippen LogP contribution in [0.1, 0.15) is 90.4 Å². The van der Waals surface area contributed by atoms with Gasteiger partial charge in [0, 0.05) is 6.54 Å². The van der Waals surface area contributed by atoms with Crippen molar-refractivity contribution in [2.75, 3.05) is 45.8 Å². The molecule has 0 aliphatic heterocycles. The van der Waals surface area contributed by atoms with Crippen molar-refractivity contribution in [3.63, 3.8) is 0 Å². The van der Waals surface area contributed by atoms with Gasteiger partial charge in [-0.1, -0.05) is 58.3 Å². The zero-order valence-electron chi connectivity index (χ0n) is 18.2. The fraction of sp³-hybridized carbons (Fsp3) is 1.00. The summed E-state index contributed by atoms with van der Waals surface area (Å²) in [7, 11) is 0. The van der Waals surface area contributed by atoms with E-state index in [2.05, 4.69) is 22.9 Å². The molecule has 27 heavy (non-hydrogen) atoms. The largest absolute Gasteiger partial charge is 0.392 e. The monoisotopic (exact) mass is 386 g/mol. The Bertz CT molecular complexity index is 267. The Morgan fingerprint density at radius 1 is 0.630 bits per heavy atom. The van der Waals surface area contributed by atoms with Gasteiger partial charge in [0.1, 0.15) is 0 Å². The van der Waals surface area contributed by atoms with Crippen molar-refractivity contribution in [2.45, 2.75) is 96.5 Å². The van der Waals surface area contributed by atoms with Gasteiger partial charge in [-0.2, -0.15) is 0 Å². The van der Waals surface area contributed by atoms with Gasteiger partial charge in [0.15, 0.2) is 0 Å². The van der Waals surface area contributed by atoms with Gasteiger partial charge < -0.3 is 26.8 Å². The van der Waals surface area contributed by atoms with E-state index in [9.17, 15) is 5.11 Å². The lowest BCUT2D eigenvalue weighted by Crippen LogP contribution is -2.29. The van der Waals surface area contributed by atoms with Gasteiger partial charge in [0.05, 0.1) is 6.10 Å². The molecule has 1 atom stereocenters. The first-order chi connectivity index (χ1) is 13.3. The van der Waals surface area contributed by atoms with Crippen LogP contribution in [-0.4, -0.2) is 57.0 Å². The summed E-state index contributed by atoms with van der Waals surface area (Å²) in [6, 6.07) is 0. The fourth-order valence-corrected chi connectivity index (χ4v) is 3.20. The van der Waals surface area contributed by atoms with Gasteiger partial charge in [-0.3, -0.25) is 0 Å². The summed E-state index contributed by atoms with van der Waals surface area (Å²) in [5, 5.41) is 20.3. The molecular formula is C22H50N4O. The van der Waals surface area contributed by atoms with Crippen molar-refractivity contribution in [1.82, 2.24) is 16.0 Å². The molecule has 0 spiro atoms. The first-order valence-corrected chi connectivity index (χ1v) is 11.8. The van der Waals surface area contributed by atoms with Crippen LogP contribution >= 0.6 is 0 Å². The van der Waals surface area contributed by atoms with Crippen LogP contribution in [0.4, 0.5) is 0 Å². The molecule has 0 aliphatic carbocycles. The van der Waals surface area contributed by atoms with Crippen molar-refractivity contribution >= 4 is 0 Å². The summed E-state index contributed by atoms with van der Waals surface area (Å²) in [6.45, 7) is 9.06. The predicted molar refractivity (Wildman–Crippen MR) is 119 cm³/mol. The first-order valence-electron chi connectivity index (χ1n) is 11.8. The van der Waals surface area contributed by atoms with Crippen LogP contribution in [0.25, 0.3) is 0 Å². The van der Waals surface area contributed by atoms with Gasteiger partial charge in [-0.05, 0) is 71.4 Å². The second-order valence-corrected chi connectivity index (χ2v) is 7.82. The molecule has 0 aliphatic rings. The van der Waals surface area contributed by atoms with Crippen molar-refractivity contribution < 1.29 is 5.11 Å². The fourth-order valence-electron chi connectivity index (χ4n) is 3.20. The zero-order chi connectivity index (χ0) is 19.8. The molecule has 5 heteroatoms. The zero-order valence-corrected chi connectivity index (χ0v) is 18.2. The summed E-state index contributed by atoms with van der Waals surface area (Å²) in [5.41, 5.74) is 5.46. The Balaban J connectivity index is 3.11. The van der Waals surface area contributed by atoms with Crippen LogP contribution in [0.3, 0.4) is 0 Å². The van der Waals surface area contributed by atoms with Crippen LogP contribution in [0.5, 0.6) is 0 Å². The van der Waals surface area contributed by atoms with Gasteiger partial charge in [0.2, 0.25) is 0 Å². The predicted octanol–water partition coefficient (Wildman–Crippen LogP) is 3.17. The highest BCUT2D eigenvalue weighted by Crippen LogP contribution is 2.10. The van der Waals surface area contributed by atoms with Crippen LogP contribution in [0.15, 0.2) is 0 Å². The summed E-state index contributed by atoms with van der Waals surface area (Å²) < 4.78 is 0. The third-order valence-electron chi connectivity index (χ3n) is 4.99. The summed E-state index contributed by atoms with van der Waals surface area (Å²) in [6.07, 6.45) is 16.0. The van der Waals surface area contributed by atoms with E-state index in [0.29, 0.717) is 0 Å². The minimum absolute atomic E-state index is 0.176. The molecule has 0 aromatic rings. The highest BCUT2D eigenvalue weighted by Gasteiger charge is 2.03.